The molecule has 0 bridgehead atoms. The van der Waals surface area contributed by atoms with Gasteiger partial charge in [0, 0.05) is 12.2 Å². The molecule has 6 heteroatoms. The van der Waals surface area contributed by atoms with Gasteiger partial charge in [0.05, 0.1) is 6.54 Å². The maximum Gasteiger partial charge on any atom is 0.237 e. The number of aromatic nitrogens is 1. The predicted octanol–water partition coefficient (Wildman–Crippen LogP) is 1.03. The minimum Gasteiger partial charge on any atom is -0.399 e. The number of nitriles is 1. The second kappa shape index (κ2) is 6.39. The molecule has 0 radical (unpaired) electrons. The van der Waals surface area contributed by atoms with E-state index in [0.717, 1.165) is 5.56 Å². The number of amides is 1. The first-order chi connectivity index (χ1) is 10.1. The van der Waals surface area contributed by atoms with Crippen LogP contribution in [-0.4, -0.2) is 17.4 Å². The van der Waals surface area contributed by atoms with Gasteiger partial charge < -0.3 is 16.4 Å². The Hall–Kier alpha value is -3.07. The van der Waals surface area contributed by atoms with Gasteiger partial charge in [0.25, 0.3) is 0 Å². The molecule has 0 saturated heterocycles. The van der Waals surface area contributed by atoms with Crippen molar-refractivity contribution in [3.63, 3.8) is 0 Å². The summed E-state index contributed by atoms with van der Waals surface area (Å²) >= 11 is 0. The van der Waals surface area contributed by atoms with E-state index in [-0.39, 0.29) is 12.2 Å². The average Bonchev–Trinajstić information content (AvgIpc) is 2.46. The monoisotopic (exact) mass is 281 g/mol. The van der Waals surface area contributed by atoms with Crippen molar-refractivity contribution >= 4 is 17.4 Å². The first kappa shape index (κ1) is 14.3. The zero-order valence-corrected chi connectivity index (χ0v) is 11.4. The molecule has 1 heterocycles. The second-order valence-electron chi connectivity index (χ2n) is 4.56. The summed E-state index contributed by atoms with van der Waals surface area (Å²) in [6.45, 7) is 0.437. The molecule has 2 rings (SSSR count). The molecule has 21 heavy (non-hydrogen) atoms. The summed E-state index contributed by atoms with van der Waals surface area (Å²) in [6, 6.07) is 14.4. The highest BCUT2D eigenvalue weighted by molar-refractivity contribution is 5.79. The summed E-state index contributed by atoms with van der Waals surface area (Å²) in [6.07, 6.45) is 0. The number of primary amides is 1. The Morgan fingerprint density at radius 3 is 2.71 bits per heavy atom. The van der Waals surface area contributed by atoms with Gasteiger partial charge in [-0.25, -0.2) is 4.98 Å². The van der Waals surface area contributed by atoms with E-state index in [0.29, 0.717) is 18.1 Å². The van der Waals surface area contributed by atoms with Crippen LogP contribution in [0.15, 0.2) is 42.5 Å². The fourth-order valence-electron chi connectivity index (χ4n) is 1.98. The highest BCUT2D eigenvalue weighted by Crippen LogP contribution is 2.16. The molecule has 1 amide bonds. The van der Waals surface area contributed by atoms with Gasteiger partial charge in [-0.2, -0.15) is 5.26 Å². The van der Waals surface area contributed by atoms with Gasteiger partial charge in [-0.3, -0.25) is 4.79 Å². The van der Waals surface area contributed by atoms with Crippen molar-refractivity contribution in [2.75, 3.05) is 17.2 Å². The van der Waals surface area contributed by atoms with Gasteiger partial charge >= 0.3 is 0 Å². The number of carbonyl (C=O) groups excluding carboxylic acids is 1. The minimum atomic E-state index is -0.469. The van der Waals surface area contributed by atoms with Crippen molar-refractivity contribution in [3.05, 3.63) is 53.7 Å². The van der Waals surface area contributed by atoms with Crippen LogP contribution in [0, 0.1) is 11.3 Å². The number of rotatable bonds is 5. The van der Waals surface area contributed by atoms with E-state index in [1.54, 1.807) is 29.2 Å². The molecule has 0 atom stereocenters. The molecule has 0 aliphatic carbocycles. The van der Waals surface area contributed by atoms with Crippen LogP contribution in [0.3, 0.4) is 0 Å². The molecule has 106 valence electrons. The Bertz CT molecular complexity index is 692. The topological polar surface area (TPSA) is 109 Å². The van der Waals surface area contributed by atoms with Crippen LogP contribution in [0.1, 0.15) is 11.3 Å². The Labute approximate surface area is 122 Å². The maximum atomic E-state index is 11.3. The van der Waals surface area contributed by atoms with Gasteiger partial charge in [-0.05, 0) is 29.8 Å². The second-order valence-corrected chi connectivity index (χ2v) is 4.56. The van der Waals surface area contributed by atoms with Crippen LogP contribution in [-0.2, 0) is 11.3 Å². The largest absolute Gasteiger partial charge is 0.399 e. The average molecular weight is 281 g/mol. The SMILES string of the molecule is N#Cc1cccc(N(CC(N)=O)Cc2cccc(N)c2)n1. The normalized spacial score (nSPS) is 9.86. The smallest absolute Gasteiger partial charge is 0.237 e. The number of hydrogen-bond acceptors (Lipinski definition) is 5. The molecule has 0 fully saturated rings. The van der Waals surface area contributed by atoms with Crippen LogP contribution >= 0.6 is 0 Å². The minimum absolute atomic E-state index is 0.0106. The first-order valence-electron chi connectivity index (χ1n) is 6.33. The van der Waals surface area contributed by atoms with Gasteiger partial charge in [-0.1, -0.05) is 18.2 Å². The van der Waals surface area contributed by atoms with Crippen molar-refractivity contribution in [3.8, 4) is 6.07 Å². The molecule has 0 aliphatic heterocycles. The Morgan fingerprint density at radius 1 is 1.29 bits per heavy atom. The Balaban J connectivity index is 2.29. The molecule has 1 aromatic carbocycles. The molecule has 4 N–H and O–H groups in total. The van der Waals surface area contributed by atoms with Crippen molar-refractivity contribution in [1.82, 2.24) is 4.98 Å². The molecular formula is C15H15N5O. The van der Waals surface area contributed by atoms with Crippen molar-refractivity contribution < 1.29 is 4.79 Å². The van der Waals surface area contributed by atoms with Gasteiger partial charge in [0.1, 0.15) is 17.6 Å². The number of hydrogen-bond donors (Lipinski definition) is 2. The summed E-state index contributed by atoms with van der Waals surface area (Å²) in [5.74, 6) is 0.0540. The zero-order chi connectivity index (χ0) is 15.2. The van der Waals surface area contributed by atoms with Gasteiger partial charge in [-0.15, -0.1) is 0 Å². The molecule has 6 nitrogen and oxygen atoms in total. The molecular weight excluding hydrogens is 266 g/mol. The Kier molecular flexibility index (Phi) is 4.36. The van der Waals surface area contributed by atoms with Crippen LogP contribution in [0.4, 0.5) is 11.5 Å². The maximum absolute atomic E-state index is 11.3. The first-order valence-corrected chi connectivity index (χ1v) is 6.33. The quantitative estimate of drug-likeness (QED) is 0.795. The molecule has 0 saturated carbocycles. The number of nitrogens with zero attached hydrogens (tertiary/aromatic N) is 3. The lowest BCUT2D eigenvalue weighted by atomic mass is 10.2. The number of pyridine rings is 1. The number of nitrogens with two attached hydrogens (primary N) is 2. The van der Waals surface area contributed by atoms with E-state index in [9.17, 15) is 4.79 Å². The highest BCUT2D eigenvalue weighted by Gasteiger charge is 2.12. The van der Waals surface area contributed by atoms with Gasteiger partial charge in [0.15, 0.2) is 0 Å². The third kappa shape index (κ3) is 3.94. The van der Waals surface area contributed by atoms with E-state index < -0.39 is 5.91 Å². The molecule has 0 unspecified atom stereocenters. The third-order valence-electron chi connectivity index (χ3n) is 2.84. The summed E-state index contributed by atoms with van der Waals surface area (Å²) in [5.41, 5.74) is 12.9. The van der Waals surface area contributed by atoms with Crippen LogP contribution in [0.2, 0.25) is 0 Å². The van der Waals surface area contributed by atoms with E-state index in [1.165, 1.54) is 0 Å². The predicted molar refractivity (Wildman–Crippen MR) is 80.1 cm³/mol. The standard InChI is InChI=1S/C15H15N5O/c16-8-13-5-2-6-15(19-13)20(10-14(18)21)9-11-3-1-4-12(17)7-11/h1-7H,9-10,17H2,(H2,18,21). The fourth-order valence-corrected chi connectivity index (χ4v) is 1.98. The number of anilines is 2. The van der Waals surface area contributed by atoms with Crippen molar-refractivity contribution in [1.29, 1.82) is 5.26 Å². The van der Waals surface area contributed by atoms with Crippen molar-refractivity contribution in [2.45, 2.75) is 6.54 Å². The lowest BCUT2D eigenvalue weighted by Gasteiger charge is -2.22. The van der Waals surface area contributed by atoms with Crippen LogP contribution in [0.25, 0.3) is 0 Å². The van der Waals surface area contributed by atoms with Crippen LogP contribution in [0.5, 0.6) is 0 Å². The zero-order valence-electron chi connectivity index (χ0n) is 11.4. The summed E-state index contributed by atoms with van der Waals surface area (Å²) in [4.78, 5) is 17.2. The number of nitrogen functional groups attached to an aromatic ring is 1. The number of benzene rings is 1. The summed E-state index contributed by atoms with van der Waals surface area (Å²) in [7, 11) is 0. The number of carbonyl (C=O) groups is 1. The van der Waals surface area contributed by atoms with Crippen molar-refractivity contribution in [2.24, 2.45) is 5.73 Å². The summed E-state index contributed by atoms with van der Waals surface area (Å²) < 4.78 is 0. The lowest BCUT2D eigenvalue weighted by molar-refractivity contribution is -0.116. The third-order valence-corrected chi connectivity index (χ3v) is 2.84. The lowest BCUT2D eigenvalue weighted by Crippen LogP contribution is -2.34. The molecule has 0 spiro atoms. The van der Waals surface area contributed by atoms with E-state index >= 15 is 0 Å². The van der Waals surface area contributed by atoms with E-state index in [2.05, 4.69) is 4.98 Å². The summed E-state index contributed by atoms with van der Waals surface area (Å²) in [5, 5.41) is 8.91. The van der Waals surface area contributed by atoms with E-state index in [1.807, 2.05) is 24.3 Å². The Morgan fingerprint density at radius 2 is 2.05 bits per heavy atom. The highest BCUT2D eigenvalue weighted by atomic mass is 16.1. The van der Waals surface area contributed by atoms with E-state index in [4.69, 9.17) is 16.7 Å². The molecule has 1 aromatic heterocycles. The fraction of sp³-hybridized carbons (Fsp3) is 0.133. The molecule has 2 aromatic rings. The van der Waals surface area contributed by atoms with Gasteiger partial charge in [0.2, 0.25) is 5.91 Å². The van der Waals surface area contributed by atoms with Crippen LogP contribution < -0.4 is 16.4 Å². The molecule has 0 aliphatic rings.